The normalized spacial score (nSPS) is 10.4. The molecule has 29 heavy (non-hydrogen) atoms. The molecule has 0 aliphatic rings. The number of benzene rings is 2. The number of nitrogens with zero attached hydrogens (tertiary/aromatic N) is 1. The van der Waals surface area contributed by atoms with Crippen LogP contribution in [0.5, 0.6) is 5.75 Å². The van der Waals surface area contributed by atoms with Crippen LogP contribution in [0, 0.1) is 19.7 Å². The first-order chi connectivity index (χ1) is 13.9. The van der Waals surface area contributed by atoms with Crippen molar-refractivity contribution in [3.05, 3.63) is 76.9 Å². The fourth-order valence-electron chi connectivity index (χ4n) is 2.51. The summed E-state index contributed by atoms with van der Waals surface area (Å²) < 4.78 is 29.2. The Labute approximate surface area is 166 Å². The van der Waals surface area contributed by atoms with Gasteiger partial charge < -0.3 is 19.3 Å². The first kappa shape index (κ1) is 20.1. The number of amides is 1. The number of halogens is 1. The molecular formula is C21H19FN2O5. The van der Waals surface area contributed by atoms with Crippen LogP contribution in [0.2, 0.25) is 0 Å². The van der Waals surface area contributed by atoms with Crippen LogP contribution >= 0.6 is 0 Å². The minimum Gasteiger partial charge on any atom is -0.489 e. The molecule has 2 aromatic carbocycles. The number of aryl methyl sites for hydroxylation is 2. The Morgan fingerprint density at radius 3 is 2.48 bits per heavy atom. The van der Waals surface area contributed by atoms with E-state index >= 15 is 0 Å². The Balaban J connectivity index is 1.50. The van der Waals surface area contributed by atoms with E-state index in [4.69, 9.17) is 14.0 Å². The molecule has 1 heterocycles. The van der Waals surface area contributed by atoms with Crippen LogP contribution in [-0.2, 0) is 16.1 Å². The van der Waals surface area contributed by atoms with Crippen LogP contribution in [0.25, 0.3) is 0 Å². The van der Waals surface area contributed by atoms with Gasteiger partial charge in [0, 0.05) is 0 Å². The Morgan fingerprint density at radius 1 is 1.10 bits per heavy atom. The number of hydrogen-bond donors (Lipinski definition) is 1. The number of carbonyl (C=O) groups is 2. The van der Waals surface area contributed by atoms with Crippen molar-refractivity contribution in [1.29, 1.82) is 0 Å². The molecule has 1 aromatic heterocycles. The number of rotatable bonds is 7. The van der Waals surface area contributed by atoms with Crippen molar-refractivity contribution >= 4 is 17.6 Å². The van der Waals surface area contributed by atoms with E-state index in [1.165, 1.54) is 30.3 Å². The molecule has 0 bridgehead atoms. The van der Waals surface area contributed by atoms with Gasteiger partial charge in [-0.15, -0.1) is 0 Å². The number of hydrogen-bond acceptors (Lipinski definition) is 6. The first-order valence-corrected chi connectivity index (χ1v) is 8.80. The predicted octanol–water partition coefficient (Wildman–Crippen LogP) is 3.81. The van der Waals surface area contributed by atoms with Gasteiger partial charge in [0.1, 0.15) is 23.9 Å². The van der Waals surface area contributed by atoms with Crippen LogP contribution < -0.4 is 10.1 Å². The lowest BCUT2D eigenvalue weighted by Gasteiger charge is -2.08. The van der Waals surface area contributed by atoms with Crippen molar-refractivity contribution in [2.75, 3.05) is 11.9 Å². The molecule has 0 aliphatic heterocycles. The fraction of sp³-hybridized carbons (Fsp3) is 0.190. The van der Waals surface area contributed by atoms with Gasteiger partial charge in [0.2, 0.25) is 0 Å². The summed E-state index contributed by atoms with van der Waals surface area (Å²) in [5, 5.41) is 6.20. The lowest BCUT2D eigenvalue weighted by molar-refractivity contribution is -0.119. The lowest BCUT2D eigenvalue weighted by Crippen LogP contribution is -2.21. The van der Waals surface area contributed by atoms with Gasteiger partial charge in [0.25, 0.3) is 5.91 Å². The van der Waals surface area contributed by atoms with Crippen molar-refractivity contribution in [1.82, 2.24) is 5.16 Å². The number of aromatic nitrogens is 1. The molecule has 0 spiro atoms. The molecule has 0 fully saturated rings. The molecule has 0 saturated carbocycles. The number of ether oxygens (including phenoxy) is 2. The number of carbonyl (C=O) groups excluding carboxylic acids is 2. The summed E-state index contributed by atoms with van der Waals surface area (Å²) in [6.07, 6.45) is 0. The zero-order valence-corrected chi connectivity index (χ0v) is 15.9. The van der Waals surface area contributed by atoms with Gasteiger partial charge in [0.15, 0.2) is 6.61 Å². The highest BCUT2D eigenvalue weighted by Crippen LogP contribution is 2.18. The second-order valence-corrected chi connectivity index (χ2v) is 6.22. The van der Waals surface area contributed by atoms with Crippen LogP contribution in [-0.4, -0.2) is 23.6 Å². The van der Waals surface area contributed by atoms with Gasteiger partial charge in [0.05, 0.1) is 22.5 Å². The van der Waals surface area contributed by atoms with E-state index in [9.17, 15) is 14.0 Å². The molecular weight excluding hydrogens is 379 g/mol. The number of nitrogens with one attached hydrogen (secondary N) is 1. The Bertz CT molecular complexity index is 995. The maximum atomic E-state index is 13.5. The SMILES string of the molecule is Cc1noc(C)c1COc1ccc(C(=O)OCC(=O)Nc2ccccc2F)cc1. The van der Waals surface area contributed by atoms with Crippen LogP contribution in [0.4, 0.5) is 10.1 Å². The second-order valence-electron chi connectivity index (χ2n) is 6.22. The average Bonchev–Trinajstić information content (AvgIpc) is 3.04. The third-order valence-electron chi connectivity index (χ3n) is 4.14. The van der Waals surface area contributed by atoms with Crippen molar-refractivity contribution in [2.45, 2.75) is 20.5 Å². The maximum Gasteiger partial charge on any atom is 0.338 e. The molecule has 0 unspecified atom stereocenters. The molecule has 1 N–H and O–H groups in total. The lowest BCUT2D eigenvalue weighted by atomic mass is 10.2. The summed E-state index contributed by atoms with van der Waals surface area (Å²) in [5.41, 5.74) is 1.91. The van der Waals surface area contributed by atoms with Gasteiger partial charge in [-0.25, -0.2) is 9.18 Å². The summed E-state index contributed by atoms with van der Waals surface area (Å²) in [4.78, 5) is 23.9. The van der Waals surface area contributed by atoms with Crippen LogP contribution in [0.1, 0.15) is 27.4 Å². The zero-order chi connectivity index (χ0) is 20.8. The summed E-state index contributed by atoms with van der Waals surface area (Å²) >= 11 is 0. The van der Waals surface area contributed by atoms with Crippen molar-refractivity contribution in [2.24, 2.45) is 0 Å². The molecule has 7 nitrogen and oxygen atoms in total. The van der Waals surface area contributed by atoms with Gasteiger partial charge in [-0.1, -0.05) is 17.3 Å². The average molecular weight is 398 g/mol. The predicted molar refractivity (Wildman–Crippen MR) is 102 cm³/mol. The summed E-state index contributed by atoms with van der Waals surface area (Å²) in [6, 6.07) is 12.0. The molecule has 0 aliphatic carbocycles. The van der Waals surface area contributed by atoms with Crippen molar-refractivity contribution < 1.29 is 28.0 Å². The van der Waals surface area contributed by atoms with Gasteiger partial charge in [-0.05, 0) is 50.2 Å². The summed E-state index contributed by atoms with van der Waals surface area (Å²) in [7, 11) is 0. The second kappa shape index (κ2) is 9.01. The summed E-state index contributed by atoms with van der Waals surface area (Å²) in [5.74, 6) is -0.636. The Kier molecular flexibility index (Phi) is 6.23. The molecule has 1 amide bonds. The molecule has 0 atom stereocenters. The maximum absolute atomic E-state index is 13.5. The molecule has 8 heteroatoms. The van der Waals surface area contributed by atoms with E-state index in [1.54, 1.807) is 25.1 Å². The van der Waals surface area contributed by atoms with Gasteiger partial charge in [-0.3, -0.25) is 4.79 Å². The smallest absolute Gasteiger partial charge is 0.338 e. The van der Waals surface area contributed by atoms with Crippen molar-refractivity contribution in [3.8, 4) is 5.75 Å². The minimum absolute atomic E-state index is 0.0216. The van der Waals surface area contributed by atoms with E-state index < -0.39 is 24.3 Å². The van der Waals surface area contributed by atoms with E-state index in [2.05, 4.69) is 10.5 Å². The molecule has 3 aromatic rings. The molecule has 3 rings (SSSR count). The van der Waals surface area contributed by atoms with Crippen molar-refractivity contribution in [3.63, 3.8) is 0 Å². The van der Waals surface area contributed by atoms with E-state index in [-0.39, 0.29) is 11.3 Å². The third kappa shape index (κ3) is 5.19. The van der Waals surface area contributed by atoms with Gasteiger partial charge >= 0.3 is 5.97 Å². The topological polar surface area (TPSA) is 90.7 Å². The largest absolute Gasteiger partial charge is 0.489 e. The molecule has 150 valence electrons. The highest BCUT2D eigenvalue weighted by Gasteiger charge is 2.13. The summed E-state index contributed by atoms with van der Waals surface area (Å²) in [6.45, 7) is 3.40. The van der Waals surface area contributed by atoms with E-state index in [0.717, 1.165) is 11.3 Å². The monoisotopic (exact) mass is 398 g/mol. The minimum atomic E-state index is -0.675. The molecule has 0 radical (unpaired) electrons. The standard InChI is InChI=1S/C21H19FN2O5/c1-13-17(14(2)29-24-13)11-27-16-9-7-15(8-10-16)21(26)28-12-20(25)23-19-6-4-3-5-18(19)22/h3-10H,11-12H2,1-2H3,(H,23,25). The quantitative estimate of drug-likeness (QED) is 0.609. The number of esters is 1. The third-order valence-corrected chi connectivity index (χ3v) is 4.14. The zero-order valence-electron chi connectivity index (χ0n) is 15.9. The number of anilines is 1. The molecule has 0 saturated heterocycles. The Morgan fingerprint density at radius 2 is 1.83 bits per heavy atom. The first-order valence-electron chi connectivity index (χ1n) is 8.80. The van der Waals surface area contributed by atoms with E-state index in [1.807, 2.05) is 6.92 Å². The van der Waals surface area contributed by atoms with Crippen LogP contribution in [0.3, 0.4) is 0 Å². The fourth-order valence-corrected chi connectivity index (χ4v) is 2.51. The van der Waals surface area contributed by atoms with Crippen LogP contribution in [0.15, 0.2) is 53.1 Å². The van der Waals surface area contributed by atoms with Gasteiger partial charge in [-0.2, -0.15) is 0 Å². The highest BCUT2D eigenvalue weighted by molar-refractivity contribution is 5.95. The van der Waals surface area contributed by atoms with E-state index in [0.29, 0.717) is 18.1 Å². The highest BCUT2D eigenvalue weighted by atomic mass is 19.1. The number of para-hydroxylation sites is 1. The Hall–Kier alpha value is -3.68.